The van der Waals surface area contributed by atoms with E-state index in [0.717, 1.165) is 5.06 Å². The highest BCUT2D eigenvalue weighted by Crippen LogP contribution is 2.08. The van der Waals surface area contributed by atoms with Gasteiger partial charge in [0.1, 0.15) is 17.4 Å². The molecule has 16 heavy (non-hydrogen) atoms. The summed E-state index contributed by atoms with van der Waals surface area (Å²) in [6, 6.07) is 0. The van der Waals surface area contributed by atoms with E-state index in [1.54, 1.807) is 24.4 Å². The van der Waals surface area contributed by atoms with Crippen LogP contribution in [-0.2, 0) is 0 Å². The summed E-state index contributed by atoms with van der Waals surface area (Å²) < 4.78 is 0. The van der Waals surface area contributed by atoms with E-state index in [-0.39, 0.29) is 0 Å². The topological polar surface area (TPSA) is 74.0 Å². The molecule has 1 aromatic rings. The number of fused-ring (bicyclic) bond motifs is 1. The summed E-state index contributed by atoms with van der Waals surface area (Å²) in [5, 5.41) is 11.2. The van der Waals surface area contributed by atoms with Crippen LogP contribution in [0.3, 0.4) is 0 Å². The number of hydrogen-bond acceptors (Lipinski definition) is 6. The smallest absolute Gasteiger partial charge is 0.183 e. The van der Waals surface area contributed by atoms with Gasteiger partial charge in [0.2, 0.25) is 0 Å². The molecule has 2 aliphatic heterocycles. The SMILES string of the molecule is ON1C=CC=CC1=c1ncc2c(n1)N=CN=2. The third-order valence-corrected chi connectivity index (χ3v) is 2.20. The summed E-state index contributed by atoms with van der Waals surface area (Å²) in [7, 11) is 0. The van der Waals surface area contributed by atoms with Gasteiger partial charge in [0.15, 0.2) is 11.3 Å². The summed E-state index contributed by atoms with van der Waals surface area (Å²) in [6.07, 6.45) is 9.76. The maximum absolute atomic E-state index is 9.59. The minimum Gasteiger partial charge on any atom is -0.284 e. The van der Waals surface area contributed by atoms with Crippen LogP contribution in [0.25, 0.3) is 5.70 Å². The molecule has 6 heteroatoms. The van der Waals surface area contributed by atoms with Gasteiger partial charge in [-0.25, -0.2) is 25.0 Å². The molecule has 78 valence electrons. The summed E-state index contributed by atoms with van der Waals surface area (Å²) in [4.78, 5) is 16.3. The van der Waals surface area contributed by atoms with E-state index < -0.39 is 0 Å². The van der Waals surface area contributed by atoms with Crippen molar-refractivity contribution in [3.8, 4) is 0 Å². The maximum atomic E-state index is 9.59. The van der Waals surface area contributed by atoms with E-state index in [0.29, 0.717) is 22.4 Å². The fourth-order valence-corrected chi connectivity index (χ4v) is 1.43. The predicted molar refractivity (Wildman–Crippen MR) is 56.3 cm³/mol. The molecule has 3 heterocycles. The third-order valence-electron chi connectivity index (χ3n) is 2.20. The molecule has 0 aromatic carbocycles. The van der Waals surface area contributed by atoms with Gasteiger partial charge in [-0.2, -0.15) is 0 Å². The summed E-state index contributed by atoms with van der Waals surface area (Å²) >= 11 is 0. The summed E-state index contributed by atoms with van der Waals surface area (Å²) in [6.45, 7) is 0. The van der Waals surface area contributed by atoms with Gasteiger partial charge in [-0.1, -0.05) is 6.08 Å². The second-order valence-electron chi connectivity index (χ2n) is 3.21. The fourth-order valence-electron chi connectivity index (χ4n) is 1.43. The predicted octanol–water partition coefficient (Wildman–Crippen LogP) is -0.348. The van der Waals surface area contributed by atoms with Gasteiger partial charge >= 0.3 is 0 Å². The lowest BCUT2D eigenvalue weighted by Crippen LogP contribution is -2.26. The Labute approximate surface area is 90.3 Å². The fraction of sp³-hybridized carbons (Fsp3) is 0. The average Bonchev–Trinajstić information content (AvgIpc) is 2.76. The van der Waals surface area contributed by atoms with Crippen molar-refractivity contribution < 1.29 is 5.21 Å². The molecule has 0 unspecified atom stereocenters. The lowest BCUT2D eigenvalue weighted by atomic mass is 10.3. The minimum atomic E-state index is 0.413. The van der Waals surface area contributed by atoms with Crippen molar-refractivity contribution in [3.63, 3.8) is 0 Å². The maximum Gasteiger partial charge on any atom is 0.183 e. The molecule has 0 bridgehead atoms. The van der Waals surface area contributed by atoms with Crippen LogP contribution in [0.15, 0.2) is 40.6 Å². The molecule has 0 saturated heterocycles. The highest BCUT2D eigenvalue weighted by Gasteiger charge is 2.08. The van der Waals surface area contributed by atoms with Gasteiger partial charge < -0.3 is 0 Å². The number of nitrogens with zero attached hydrogens (tertiary/aromatic N) is 5. The standard InChI is InChI=1S/C10H7N5O/c16-15-4-2-1-3-8(15)10-11-5-7-9(14-10)13-6-12-7/h1-6,16H. The highest BCUT2D eigenvalue weighted by molar-refractivity contribution is 5.64. The van der Waals surface area contributed by atoms with Crippen molar-refractivity contribution >= 4 is 17.9 Å². The number of hydrogen-bond donors (Lipinski definition) is 1. The largest absolute Gasteiger partial charge is 0.284 e. The molecule has 0 aliphatic carbocycles. The van der Waals surface area contributed by atoms with Gasteiger partial charge in [-0.05, 0) is 12.2 Å². The van der Waals surface area contributed by atoms with Crippen molar-refractivity contribution in [1.29, 1.82) is 0 Å². The Hall–Kier alpha value is -2.34. The Kier molecular flexibility index (Phi) is 1.87. The zero-order chi connectivity index (χ0) is 11.0. The molecule has 0 atom stereocenters. The number of hydroxylamine groups is 2. The molecule has 0 fully saturated rings. The third kappa shape index (κ3) is 1.32. The first-order chi connectivity index (χ1) is 7.84. The van der Waals surface area contributed by atoms with Gasteiger partial charge in [0.05, 0.1) is 6.20 Å². The number of aliphatic imine (C=N–C) groups is 1. The van der Waals surface area contributed by atoms with Crippen LogP contribution in [0.5, 0.6) is 0 Å². The quantitative estimate of drug-likeness (QED) is 0.639. The molecule has 0 radical (unpaired) electrons. The molecule has 1 aromatic heterocycles. The molecule has 6 nitrogen and oxygen atoms in total. The monoisotopic (exact) mass is 213 g/mol. The molecular weight excluding hydrogens is 206 g/mol. The van der Waals surface area contributed by atoms with Gasteiger partial charge in [-0.3, -0.25) is 5.21 Å². The Morgan fingerprint density at radius 3 is 3.06 bits per heavy atom. The number of aromatic nitrogens is 2. The first-order valence-electron chi connectivity index (χ1n) is 4.65. The van der Waals surface area contributed by atoms with Crippen LogP contribution in [0.4, 0.5) is 5.82 Å². The van der Waals surface area contributed by atoms with E-state index in [4.69, 9.17) is 0 Å². The molecule has 0 spiro atoms. The lowest BCUT2D eigenvalue weighted by Gasteiger charge is -2.13. The molecule has 0 amide bonds. The Balaban J connectivity index is 2.24. The van der Waals surface area contributed by atoms with Crippen LogP contribution in [-0.4, -0.2) is 26.6 Å². The van der Waals surface area contributed by atoms with Crippen molar-refractivity contribution in [2.45, 2.75) is 0 Å². The molecule has 0 saturated carbocycles. The van der Waals surface area contributed by atoms with Gasteiger partial charge in [-0.15, -0.1) is 0 Å². The van der Waals surface area contributed by atoms with Crippen LogP contribution >= 0.6 is 0 Å². The number of allylic oxidation sites excluding steroid dienone is 2. The van der Waals surface area contributed by atoms with Crippen LogP contribution in [0, 0.1) is 0 Å². The Bertz CT molecular complexity index is 644. The van der Waals surface area contributed by atoms with Crippen LogP contribution < -0.4 is 10.8 Å². The zero-order valence-electron chi connectivity index (χ0n) is 8.15. The molecular formula is C10H7N5O. The van der Waals surface area contributed by atoms with Gasteiger partial charge in [0, 0.05) is 6.20 Å². The van der Waals surface area contributed by atoms with E-state index in [9.17, 15) is 5.21 Å². The van der Waals surface area contributed by atoms with Crippen LogP contribution in [0.1, 0.15) is 0 Å². The summed E-state index contributed by atoms with van der Waals surface area (Å²) in [5.74, 6) is 0.522. The average molecular weight is 213 g/mol. The first kappa shape index (κ1) is 8.93. The van der Waals surface area contributed by atoms with Crippen molar-refractivity contribution in [2.24, 2.45) is 9.98 Å². The van der Waals surface area contributed by atoms with E-state index in [1.807, 2.05) is 0 Å². The first-order valence-corrected chi connectivity index (χ1v) is 4.65. The van der Waals surface area contributed by atoms with Crippen molar-refractivity contribution in [1.82, 2.24) is 15.0 Å². The second kappa shape index (κ2) is 3.35. The molecule has 3 rings (SSSR count). The second-order valence-corrected chi connectivity index (χ2v) is 3.21. The molecule has 1 N–H and O–H groups in total. The minimum absolute atomic E-state index is 0.413. The highest BCUT2D eigenvalue weighted by atomic mass is 16.5. The lowest BCUT2D eigenvalue weighted by molar-refractivity contribution is 0.0237. The Morgan fingerprint density at radius 2 is 2.19 bits per heavy atom. The van der Waals surface area contributed by atoms with E-state index in [1.165, 1.54) is 12.5 Å². The Morgan fingerprint density at radius 1 is 1.25 bits per heavy atom. The normalized spacial score (nSPS) is 19.9. The zero-order valence-corrected chi connectivity index (χ0v) is 8.15. The van der Waals surface area contributed by atoms with Crippen molar-refractivity contribution in [3.05, 3.63) is 41.5 Å². The van der Waals surface area contributed by atoms with E-state index >= 15 is 0 Å². The van der Waals surface area contributed by atoms with Gasteiger partial charge in [0.25, 0.3) is 0 Å². The molecule has 2 aliphatic rings. The van der Waals surface area contributed by atoms with Crippen LogP contribution in [0.2, 0.25) is 0 Å². The summed E-state index contributed by atoms with van der Waals surface area (Å²) in [5.41, 5.74) is 0.920. The number of rotatable bonds is 0. The van der Waals surface area contributed by atoms with E-state index in [2.05, 4.69) is 20.0 Å². The van der Waals surface area contributed by atoms with Crippen molar-refractivity contribution in [2.75, 3.05) is 0 Å².